The van der Waals surface area contributed by atoms with Crippen molar-refractivity contribution in [1.29, 1.82) is 0 Å². The summed E-state index contributed by atoms with van der Waals surface area (Å²) >= 11 is 0. The van der Waals surface area contributed by atoms with E-state index in [1.807, 2.05) is 25.7 Å². The van der Waals surface area contributed by atoms with Gasteiger partial charge in [-0.2, -0.15) is 0 Å². The third-order valence-electron chi connectivity index (χ3n) is 3.83. The molecule has 5 nitrogen and oxygen atoms in total. The van der Waals surface area contributed by atoms with Crippen LogP contribution in [0.2, 0.25) is 0 Å². The highest BCUT2D eigenvalue weighted by atomic mass is 16.6. The standard InChI is InChI=1S/C14H27N3O2/c1-14(2,3)19-13(18)17-7-4-6-16-8-5-11(15)9-12(16)10-17/h11-12H,4-10,15H2,1-3H3. The minimum Gasteiger partial charge on any atom is -0.444 e. The van der Waals surface area contributed by atoms with E-state index in [9.17, 15) is 4.79 Å². The summed E-state index contributed by atoms with van der Waals surface area (Å²) in [6.07, 6.45) is 2.89. The van der Waals surface area contributed by atoms with E-state index in [-0.39, 0.29) is 12.1 Å². The Morgan fingerprint density at radius 2 is 2.00 bits per heavy atom. The first kappa shape index (κ1) is 14.6. The maximum atomic E-state index is 12.2. The molecule has 2 aliphatic heterocycles. The topological polar surface area (TPSA) is 58.8 Å². The zero-order valence-electron chi connectivity index (χ0n) is 12.4. The minimum atomic E-state index is -0.425. The van der Waals surface area contributed by atoms with E-state index in [1.165, 1.54) is 0 Å². The van der Waals surface area contributed by atoms with Crippen molar-refractivity contribution >= 4 is 6.09 Å². The summed E-state index contributed by atoms with van der Waals surface area (Å²) < 4.78 is 5.48. The van der Waals surface area contributed by atoms with Crippen LogP contribution < -0.4 is 5.73 Å². The van der Waals surface area contributed by atoms with Crippen molar-refractivity contribution in [2.45, 2.75) is 57.7 Å². The molecule has 0 aromatic heterocycles. The Bertz CT molecular complexity index is 327. The van der Waals surface area contributed by atoms with Gasteiger partial charge in [-0.25, -0.2) is 4.79 Å². The summed E-state index contributed by atoms with van der Waals surface area (Å²) in [6.45, 7) is 9.40. The molecule has 2 aliphatic rings. The molecule has 2 fully saturated rings. The number of carbonyl (C=O) groups excluding carboxylic acids is 1. The zero-order valence-corrected chi connectivity index (χ0v) is 12.4. The number of rotatable bonds is 0. The summed E-state index contributed by atoms with van der Waals surface area (Å²) in [5.74, 6) is 0. The Kier molecular flexibility index (Phi) is 4.36. The van der Waals surface area contributed by atoms with Crippen molar-refractivity contribution in [3.63, 3.8) is 0 Å². The number of hydrogen-bond acceptors (Lipinski definition) is 4. The molecule has 0 aromatic carbocycles. The number of nitrogens with zero attached hydrogens (tertiary/aromatic N) is 2. The molecule has 2 unspecified atom stereocenters. The van der Waals surface area contributed by atoms with Crippen LogP contribution in [0.4, 0.5) is 4.79 Å². The average Bonchev–Trinajstić information content (AvgIpc) is 2.48. The lowest BCUT2D eigenvalue weighted by Gasteiger charge is -2.38. The second kappa shape index (κ2) is 5.67. The fourth-order valence-electron chi connectivity index (χ4n) is 2.92. The Morgan fingerprint density at radius 1 is 1.26 bits per heavy atom. The number of nitrogens with two attached hydrogens (primary N) is 1. The molecule has 2 atom stereocenters. The number of ether oxygens (including phenoxy) is 1. The number of piperidine rings is 1. The maximum Gasteiger partial charge on any atom is 0.410 e. The molecule has 2 N–H and O–H groups in total. The predicted molar refractivity (Wildman–Crippen MR) is 75.0 cm³/mol. The van der Waals surface area contributed by atoms with Gasteiger partial charge in [0.25, 0.3) is 0 Å². The lowest BCUT2D eigenvalue weighted by Crippen LogP contribution is -2.51. The molecule has 0 bridgehead atoms. The van der Waals surface area contributed by atoms with Gasteiger partial charge in [0.15, 0.2) is 0 Å². The lowest BCUT2D eigenvalue weighted by atomic mass is 9.98. The van der Waals surface area contributed by atoms with Gasteiger partial charge in [0.1, 0.15) is 5.60 Å². The van der Waals surface area contributed by atoms with Crippen molar-refractivity contribution in [3.8, 4) is 0 Å². The molecule has 2 saturated heterocycles. The van der Waals surface area contributed by atoms with Gasteiger partial charge in [-0.15, -0.1) is 0 Å². The van der Waals surface area contributed by atoms with Gasteiger partial charge in [-0.1, -0.05) is 0 Å². The molecular formula is C14H27N3O2. The number of hydrogen-bond donors (Lipinski definition) is 1. The fraction of sp³-hybridized carbons (Fsp3) is 0.929. The molecule has 2 heterocycles. The largest absolute Gasteiger partial charge is 0.444 e. The summed E-state index contributed by atoms with van der Waals surface area (Å²) in [7, 11) is 0. The van der Waals surface area contributed by atoms with E-state index in [4.69, 9.17) is 10.5 Å². The second-order valence-electron chi connectivity index (χ2n) is 6.75. The first-order chi connectivity index (χ1) is 8.85. The molecule has 0 aromatic rings. The van der Waals surface area contributed by atoms with E-state index < -0.39 is 5.60 Å². The molecule has 0 spiro atoms. The van der Waals surface area contributed by atoms with Gasteiger partial charge in [-0.3, -0.25) is 4.90 Å². The molecule has 19 heavy (non-hydrogen) atoms. The number of carbonyl (C=O) groups is 1. The van der Waals surface area contributed by atoms with Gasteiger partial charge in [0.2, 0.25) is 0 Å². The molecule has 110 valence electrons. The van der Waals surface area contributed by atoms with Crippen molar-refractivity contribution < 1.29 is 9.53 Å². The predicted octanol–water partition coefficient (Wildman–Crippen LogP) is 1.42. The summed E-state index contributed by atoms with van der Waals surface area (Å²) in [5.41, 5.74) is 5.63. The molecular weight excluding hydrogens is 242 g/mol. The first-order valence-corrected chi connectivity index (χ1v) is 7.33. The van der Waals surface area contributed by atoms with E-state index in [1.54, 1.807) is 0 Å². The van der Waals surface area contributed by atoms with Gasteiger partial charge in [0, 0.05) is 31.7 Å². The summed E-state index contributed by atoms with van der Waals surface area (Å²) in [5, 5.41) is 0. The third-order valence-corrected chi connectivity index (χ3v) is 3.83. The van der Waals surface area contributed by atoms with Crippen LogP contribution in [0.15, 0.2) is 0 Å². The monoisotopic (exact) mass is 269 g/mol. The van der Waals surface area contributed by atoms with Gasteiger partial charge in [-0.05, 0) is 46.6 Å². The van der Waals surface area contributed by atoms with Gasteiger partial charge < -0.3 is 15.4 Å². The van der Waals surface area contributed by atoms with Crippen molar-refractivity contribution in [1.82, 2.24) is 9.80 Å². The quantitative estimate of drug-likeness (QED) is 0.722. The van der Waals surface area contributed by atoms with E-state index in [0.717, 1.165) is 45.4 Å². The van der Waals surface area contributed by atoms with Crippen LogP contribution in [0.25, 0.3) is 0 Å². The molecule has 0 aliphatic carbocycles. The number of fused-ring (bicyclic) bond motifs is 1. The molecule has 5 heteroatoms. The third kappa shape index (κ3) is 4.08. The van der Waals surface area contributed by atoms with Crippen LogP contribution in [0, 0.1) is 0 Å². The minimum absolute atomic E-state index is 0.187. The Hall–Kier alpha value is -0.810. The summed E-state index contributed by atoms with van der Waals surface area (Å²) in [6, 6.07) is 0.679. The van der Waals surface area contributed by atoms with Crippen LogP contribution >= 0.6 is 0 Å². The molecule has 2 rings (SSSR count). The Balaban J connectivity index is 1.97. The Morgan fingerprint density at radius 3 is 2.68 bits per heavy atom. The van der Waals surface area contributed by atoms with Crippen LogP contribution in [-0.2, 0) is 4.74 Å². The molecule has 0 saturated carbocycles. The highest BCUT2D eigenvalue weighted by Gasteiger charge is 2.33. The highest BCUT2D eigenvalue weighted by molar-refractivity contribution is 5.68. The van der Waals surface area contributed by atoms with Crippen LogP contribution in [0.1, 0.15) is 40.0 Å². The van der Waals surface area contributed by atoms with E-state index in [0.29, 0.717) is 6.04 Å². The molecule has 1 amide bonds. The summed E-state index contributed by atoms with van der Waals surface area (Å²) in [4.78, 5) is 16.5. The maximum absolute atomic E-state index is 12.2. The van der Waals surface area contributed by atoms with Crippen molar-refractivity contribution in [2.24, 2.45) is 5.73 Å². The average molecular weight is 269 g/mol. The van der Waals surface area contributed by atoms with E-state index >= 15 is 0 Å². The Labute approximate surface area is 116 Å². The SMILES string of the molecule is CC(C)(C)OC(=O)N1CCCN2CCC(N)CC2C1. The van der Waals surface area contributed by atoms with Crippen LogP contribution in [0.3, 0.4) is 0 Å². The zero-order chi connectivity index (χ0) is 14.0. The normalized spacial score (nSPS) is 29.6. The van der Waals surface area contributed by atoms with Gasteiger partial charge in [0.05, 0.1) is 0 Å². The van der Waals surface area contributed by atoms with E-state index in [2.05, 4.69) is 4.90 Å². The van der Waals surface area contributed by atoms with Crippen LogP contribution in [0.5, 0.6) is 0 Å². The van der Waals surface area contributed by atoms with Crippen molar-refractivity contribution in [3.05, 3.63) is 0 Å². The fourth-order valence-corrected chi connectivity index (χ4v) is 2.92. The van der Waals surface area contributed by atoms with Crippen LogP contribution in [-0.4, -0.2) is 59.8 Å². The lowest BCUT2D eigenvalue weighted by molar-refractivity contribution is 0.0214. The van der Waals surface area contributed by atoms with Crippen molar-refractivity contribution in [2.75, 3.05) is 26.2 Å². The first-order valence-electron chi connectivity index (χ1n) is 7.33. The second-order valence-corrected chi connectivity index (χ2v) is 6.75. The number of amides is 1. The van der Waals surface area contributed by atoms with Gasteiger partial charge >= 0.3 is 6.09 Å². The molecule has 0 radical (unpaired) electrons. The highest BCUT2D eigenvalue weighted by Crippen LogP contribution is 2.21. The smallest absolute Gasteiger partial charge is 0.410 e.